The van der Waals surface area contributed by atoms with Crippen molar-refractivity contribution < 1.29 is 0 Å². The zero-order chi connectivity index (χ0) is 11.2. The van der Waals surface area contributed by atoms with Crippen molar-refractivity contribution in [3.05, 3.63) is 0 Å². The normalized spacial score (nSPS) is 16.3. The van der Waals surface area contributed by atoms with E-state index >= 15 is 0 Å². The lowest BCUT2D eigenvalue weighted by Crippen LogP contribution is -2.53. The molecule has 0 spiro atoms. The maximum atomic E-state index is 5.90. The van der Waals surface area contributed by atoms with Gasteiger partial charge in [0.25, 0.3) is 0 Å². The highest BCUT2D eigenvalue weighted by Crippen LogP contribution is 2.23. The summed E-state index contributed by atoms with van der Waals surface area (Å²) in [6.07, 6.45) is 4.83. The molecule has 0 heterocycles. The van der Waals surface area contributed by atoms with Crippen LogP contribution in [-0.2, 0) is 0 Å². The average molecular weight is 200 g/mol. The number of likely N-dealkylation sites (N-methyl/N-ethyl adjacent to an activating group) is 1. The molecule has 0 fully saturated rings. The summed E-state index contributed by atoms with van der Waals surface area (Å²) in [4.78, 5) is 2.48. The van der Waals surface area contributed by atoms with Crippen molar-refractivity contribution in [2.75, 3.05) is 13.6 Å². The number of nitrogens with zero attached hydrogens (tertiary/aromatic N) is 1. The molecule has 0 aromatic heterocycles. The van der Waals surface area contributed by atoms with E-state index in [4.69, 9.17) is 5.73 Å². The number of hydrogen-bond donors (Lipinski definition) is 1. The van der Waals surface area contributed by atoms with Gasteiger partial charge in [0.2, 0.25) is 0 Å². The van der Waals surface area contributed by atoms with E-state index in [1.807, 2.05) is 0 Å². The van der Waals surface area contributed by atoms with Crippen LogP contribution in [0.25, 0.3) is 0 Å². The van der Waals surface area contributed by atoms with Crippen LogP contribution in [0.4, 0.5) is 0 Å². The molecule has 0 aromatic carbocycles. The topological polar surface area (TPSA) is 29.3 Å². The molecule has 86 valence electrons. The van der Waals surface area contributed by atoms with Crippen LogP contribution in [0.2, 0.25) is 0 Å². The monoisotopic (exact) mass is 200 g/mol. The first-order valence-electron chi connectivity index (χ1n) is 5.98. The van der Waals surface area contributed by atoms with Gasteiger partial charge in [0.1, 0.15) is 0 Å². The molecule has 2 N–H and O–H groups in total. The summed E-state index contributed by atoms with van der Waals surface area (Å²) in [5.41, 5.74) is 6.09. The van der Waals surface area contributed by atoms with Gasteiger partial charge in [-0.15, -0.1) is 0 Å². The Hall–Kier alpha value is -0.0800. The summed E-state index contributed by atoms with van der Waals surface area (Å²) in [5, 5.41) is 0. The Kier molecular flexibility index (Phi) is 6.38. The minimum atomic E-state index is 0.186. The summed E-state index contributed by atoms with van der Waals surface area (Å²) in [7, 11) is 2.22. The van der Waals surface area contributed by atoms with E-state index in [-0.39, 0.29) is 5.54 Å². The molecule has 0 radical (unpaired) electrons. The molecule has 0 aromatic rings. The van der Waals surface area contributed by atoms with E-state index in [2.05, 4.69) is 39.6 Å². The Morgan fingerprint density at radius 2 is 1.71 bits per heavy atom. The quantitative estimate of drug-likeness (QED) is 0.684. The SMILES string of the molecule is CCCC(C)(CN)N(C)C(CC)CC. The summed E-state index contributed by atoms with van der Waals surface area (Å²) in [6, 6.07) is 0.676. The van der Waals surface area contributed by atoms with Gasteiger partial charge in [-0.3, -0.25) is 4.90 Å². The molecule has 0 aliphatic carbocycles. The van der Waals surface area contributed by atoms with Crippen molar-refractivity contribution in [3.8, 4) is 0 Å². The molecule has 1 atom stereocenters. The standard InChI is InChI=1S/C12H28N2/c1-6-9-12(4,10-13)14(5)11(7-2)8-3/h11H,6-10,13H2,1-5H3. The summed E-state index contributed by atoms with van der Waals surface area (Å²) < 4.78 is 0. The largest absolute Gasteiger partial charge is 0.329 e. The minimum Gasteiger partial charge on any atom is -0.329 e. The molecule has 0 aliphatic rings. The van der Waals surface area contributed by atoms with Crippen LogP contribution in [0.3, 0.4) is 0 Å². The number of nitrogens with two attached hydrogens (primary N) is 1. The lowest BCUT2D eigenvalue weighted by Gasteiger charge is -2.42. The molecular formula is C12H28N2. The number of rotatable bonds is 7. The van der Waals surface area contributed by atoms with Crippen LogP contribution in [0, 0.1) is 0 Å². The van der Waals surface area contributed by atoms with E-state index in [0.29, 0.717) is 6.04 Å². The highest BCUT2D eigenvalue weighted by Gasteiger charge is 2.30. The van der Waals surface area contributed by atoms with Crippen LogP contribution in [0.5, 0.6) is 0 Å². The lowest BCUT2D eigenvalue weighted by atomic mass is 9.91. The molecule has 0 saturated carbocycles. The summed E-state index contributed by atoms with van der Waals surface area (Å²) in [5.74, 6) is 0. The van der Waals surface area contributed by atoms with Gasteiger partial charge >= 0.3 is 0 Å². The molecule has 2 nitrogen and oxygen atoms in total. The maximum Gasteiger partial charge on any atom is 0.0303 e. The molecular weight excluding hydrogens is 172 g/mol. The van der Waals surface area contributed by atoms with Gasteiger partial charge < -0.3 is 5.73 Å². The Balaban J connectivity index is 4.48. The van der Waals surface area contributed by atoms with Crippen molar-refractivity contribution in [2.45, 2.75) is 65.0 Å². The van der Waals surface area contributed by atoms with Crippen LogP contribution >= 0.6 is 0 Å². The highest BCUT2D eigenvalue weighted by atomic mass is 15.2. The summed E-state index contributed by atoms with van der Waals surface area (Å²) in [6.45, 7) is 9.79. The van der Waals surface area contributed by atoms with Crippen LogP contribution in [0.1, 0.15) is 53.4 Å². The van der Waals surface area contributed by atoms with Gasteiger partial charge in [-0.05, 0) is 33.2 Å². The van der Waals surface area contributed by atoms with E-state index in [1.54, 1.807) is 0 Å². The Bertz CT molecular complexity index is 143. The van der Waals surface area contributed by atoms with Gasteiger partial charge in [0.05, 0.1) is 0 Å². The second kappa shape index (κ2) is 6.41. The van der Waals surface area contributed by atoms with Gasteiger partial charge in [-0.25, -0.2) is 0 Å². The minimum absolute atomic E-state index is 0.186. The zero-order valence-electron chi connectivity index (χ0n) is 10.6. The first kappa shape index (κ1) is 13.9. The van der Waals surface area contributed by atoms with Crippen LogP contribution in [-0.4, -0.2) is 30.1 Å². The van der Waals surface area contributed by atoms with Crippen molar-refractivity contribution in [2.24, 2.45) is 5.73 Å². The molecule has 0 saturated heterocycles. The first-order chi connectivity index (χ1) is 6.55. The molecule has 1 unspecified atom stereocenters. The Morgan fingerprint density at radius 3 is 2.00 bits per heavy atom. The van der Waals surface area contributed by atoms with E-state index in [9.17, 15) is 0 Å². The van der Waals surface area contributed by atoms with Gasteiger partial charge in [0.15, 0.2) is 0 Å². The molecule has 0 bridgehead atoms. The van der Waals surface area contributed by atoms with Gasteiger partial charge in [-0.2, -0.15) is 0 Å². The van der Waals surface area contributed by atoms with Gasteiger partial charge in [0, 0.05) is 18.1 Å². The van der Waals surface area contributed by atoms with E-state index in [0.717, 1.165) is 6.54 Å². The fourth-order valence-electron chi connectivity index (χ4n) is 2.24. The molecule has 0 aliphatic heterocycles. The first-order valence-corrected chi connectivity index (χ1v) is 5.98. The van der Waals surface area contributed by atoms with Crippen LogP contribution in [0.15, 0.2) is 0 Å². The molecule has 14 heavy (non-hydrogen) atoms. The van der Waals surface area contributed by atoms with E-state index in [1.165, 1.54) is 25.7 Å². The number of hydrogen-bond acceptors (Lipinski definition) is 2. The fraction of sp³-hybridized carbons (Fsp3) is 1.00. The Labute approximate surface area is 89.9 Å². The average Bonchev–Trinajstić information content (AvgIpc) is 2.19. The molecule has 0 amide bonds. The Morgan fingerprint density at radius 1 is 1.21 bits per heavy atom. The second-order valence-electron chi connectivity index (χ2n) is 4.53. The van der Waals surface area contributed by atoms with Crippen molar-refractivity contribution >= 4 is 0 Å². The third-order valence-corrected chi connectivity index (χ3v) is 3.57. The summed E-state index contributed by atoms with van der Waals surface area (Å²) >= 11 is 0. The van der Waals surface area contributed by atoms with E-state index < -0.39 is 0 Å². The smallest absolute Gasteiger partial charge is 0.0303 e. The third-order valence-electron chi connectivity index (χ3n) is 3.57. The maximum absolute atomic E-state index is 5.90. The van der Waals surface area contributed by atoms with Crippen molar-refractivity contribution in [1.29, 1.82) is 0 Å². The predicted octanol–water partition coefficient (Wildman–Crippen LogP) is 2.62. The van der Waals surface area contributed by atoms with Crippen molar-refractivity contribution in [1.82, 2.24) is 4.90 Å². The van der Waals surface area contributed by atoms with Crippen molar-refractivity contribution in [3.63, 3.8) is 0 Å². The predicted molar refractivity (Wildman–Crippen MR) is 64.5 cm³/mol. The third kappa shape index (κ3) is 3.25. The second-order valence-corrected chi connectivity index (χ2v) is 4.53. The zero-order valence-corrected chi connectivity index (χ0v) is 10.6. The molecule has 0 rings (SSSR count). The fourth-order valence-corrected chi connectivity index (χ4v) is 2.24. The van der Waals surface area contributed by atoms with Crippen LogP contribution < -0.4 is 5.73 Å². The molecule has 2 heteroatoms. The van der Waals surface area contributed by atoms with Gasteiger partial charge in [-0.1, -0.05) is 27.2 Å². The lowest BCUT2D eigenvalue weighted by molar-refractivity contribution is 0.0785. The highest BCUT2D eigenvalue weighted by molar-refractivity contribution is 4.88.